The number of methoxy groups -OCH3 is 1. The highest BCUT2D eigenvalue weighted by Crippen LogP contribution is 2.23. The largest absolute Gasteiger partial charge is 0.480 e. The number of ether oxygens (including phenoxy) is 2. The number of amides is 3. The van der Waals surface area contributed by atoms with Crippen molar-refractivity contribution in [3.63, 3.8) is 0 Å². The molecule has 1 N–H and O–H groups in total. The van der Waals surface area contributed by atoms with Gasteiger partial charge in [0.15, 0.2) is 0 Å². The third-order valence-electron chi connectivity index (χ3n) is 5.09. The molecule has 3 amide bonds. The second kappa shape index (κ2) is 8.76. The number of carbonyl (C=O) groups excluding carboxylic acids is 2. The van der Waals surface area contributed by atoms with Gasteiger partial charge in [-0.2, -0.15) is 5.10 Å². The van der Waals surface area contributed by atoms with E-state index in [9.17, 15) is 9.59 Å². The Bertz CT molecular complexity index is 998. The predicted octanol–water partition coefficient (Wildman–Crippen LogP) is 2.45. The summed E-state index contributed by atoms with van der Waals surface area (Å²) in [5.41, 5.74) is 1.95. The second-order valence-electron chi connectivity index (χ2n) is 7.07. The molecule has 4 rings (SSSR count). The van der Waals surface area contributed by atoms with Gasteiger partial charge in [-0.1, -0.05) is 23.7 Å². The summed E-state index contributed by atoms with van der Waals surface area (Å²) >= 11 is 6.00. The molecule has 2 aliphatic rings. The van der Waals surface area contributed by atoms with E-state index in [2.05, 4.69) is 20.6 Å². The highest BCUT2D eigenvalue weighted by molar-refractivity contribution is 6.30. The summed E-state index contributed by atoms with van der Waals surface area (Å²) in [6.45, 7) is 2.75. The van der Waals surface area contributed by atoms with E-state index in [0.717, 1.165) is 5.56 Å². The average Bonchev–Trinajstić information content (AvgIpc) is 3.40. The van der Waals surface area contributed by atoms with Crippen LogP contribution in [-0.2, 0) is 4.74 Å². The maximum absolute atomic E-state index is 12.9. The fraction of sp³-hybridized carbons (Fsp3) is 0.350. The number of urea groups is 1. The second-order valence-corrected chi connectivity index (χ2v) is 7.51. The number of rotatable bonds is 5. The fourth-order valence-corrected chi connectivity index (χ4v) is 3.55. The maximum atomic E-state index is 12.9. The molecule has 0 spiro atoms. The van der Waals surface area contributed by atoms with Crippen LogP contribution in [0.25, 0.3) is 0 Å². The van der Waals surface area contributed by atoms with Crippen LogP contribution < -0.4 is 10.1 Å². The minimum atomic E-state index is -0.421. The van der Waals surface area contributed by atoms with Crippen molar-refractivity contribution >= 4 is 29.4 Å². The lowest BCUT2D eigenvalue weighted by Gasteiger charge is -2.23. The van der Waals surface area contributed by atoms with E-state index in [4.69, 9.17) is 21.1 Å². The summed E-state index contributed by atoms with van der Waals surface area (Å²) in [5.74, 6) is 0.388. The molecule has 3 heterocycles. The summed E-state index contributed by atoms with van der Waals surface area (Å²) in [6.07, 6.45) is -0.421. The van der Waals surface area contributed by atoms with Crippen LogP contribution in [0.15, 0.2) is 41.5 Å². The van der Waals surface area contributed by atoms with Gasteiger partial charge in [-0.05, 0) is 25.1 Å². The molecule has 31 heavy (non-hydrogen) atoms. The minimum Gasteiger partial charge on any atom is -0.480 e. The zero-order valence-corrected chi connectivity index (χ0v) is 17.7. The summed E-state index contributed by atoms with van der Waals surface area (Å²) in [5, 5.41) is 17.3. The minimum absolute atomic E-state index is 0.208. The molecular weight excluding hydrogens is 424 g/mol. The van der Waals surface area contributed by atoms with Gasteiger partial charge in [-0.25, -0.2) is 14.6 Å². The molecule has 0 bridgehead atoms. The van der Waals surface area contributed by atoms with Gasteiger partial charge >= 0.3 is 12.1 Å². The molecule has 1 unspecified atom stereocenters. The molecule has 11 heteroatoms. The van der Waals surface area contributed by atoms with Crippen LogP contribution in [0.4, 0.5) is 9.59 Å². The number of nitrogens with one attached hydrogen (secondary N) is 1. The number of halogens is 1. The Hall–Kier alpha value is -3.40. The highest BCUT2D eigenvalue weighted by Gasteiger charge is 2.40. The SMILES string of the molecule is COc1ccc([C@@H](C)NC(=O)N2CC(N3CCOC3=O)C(c3ccc(Cl)cc3)=N2)nn1. The molecule has 2 atom stereocenters. The lowest BCUT2D eigenvalue weighted by Crippen LogP contribution is -2.46. The van der Waals surface area contributed by atoms with E-state index in [0.29, 0.717) is 35.5 Å². The van der Waals surface area contributed by atoms with Crippen molar-refractivity contribution in [3.05, 3.63) is 52.7 Å². The zero-order valence-electron chi connectivity index (χ0n) is 17.0. The number of nitrogens with zero attached hydrogens (tertiary/aromatic N) is 5. The Kier molecular flexibility index (Phi) is 5.90. The molecule has 1 fully saturated rings. The first-order valence-corrected chi connectivity index (χ1v) is 10.1. The standard InChI is InChI=1S/C20H21ClN6O4/c1-12(15-7-8-17(30-2)24-23-15)22-19(28)27-11-16(26-9-10-31-20(26)29)18(25-27)13-3-5-14(21)6-4-13/h3-8,12,16H,9-11H2,1-2H3,(H,22,28)/t12-,16?/m1/s1. The summed E-state index contributed by atoms with van der Waals surface area (Å²) < 4.78 is 10.1. The smallest absolute Gasteiger partial charge is 0.410 e. The van der Waals surface area contributed by atoms with Gasteiger partial charge in [0.25, 0.3) is 0 Å². The Morgan fingerprint density at radius 1 is 1.26 bits per heavy atom. The van der Waals surface area contributed by atoms with Crippen molar-refractivity contribution < 1.29 is 19.1 Å². The van der Waals surface area contributed by atoms with E-state index < -0.39 is 24.2 Å². The predicted molar refractivity (Wildman–Crippen MR) is 112 cm³/mol. The number of aromatic nitrogens is 2. The van der Waals surface area contributed by atoms with Crippen LogP contribution in [-0.4, -0.2) is 70.8 Å². The van der Waals surface area contributed by atoms with Gasteiger partial charge in [0.05, 0.1) is 43.7 Å². The lowest BCUT2D eigenvalue weighted by atomic mass is 10.0. The lowest BCUT2D eigenvalue weighted by molar-refractivity contribution is 0.150. The van der Waals surface area contributed by atoms with E-state index in [1.807, 2.05) is 12.1 Å². The molecule has 1 saturated heterocycles. The van der Waals surface area contributed by atoms with Crippen LogP contribution in [0.5, 0.6) is 5.88 Å². The Morgan fingerprint density at radius 2 is 2.03 bits per heavy atom. The van der Waals surface area contributed by atoms with Crippen LogP contribution in [0.2, 0.25) is 5.02 Å². The Morgan fingerprint density at radius 3 is 2.65 bits per heavy atom. The molecule has 2 aliphatic heterocycles. The Balaban J connectivity index is 1.53. The topological polar surface area (TPSA) is 109 Å². The number of benzene rings is 1. The molecule has 10 nitrogen and oxygen atoms in total. The first kappa shape index (κ1) is 20.9. The average molecular weight is 445 g/mol. The van der Waals surface area contributed by atoms with E-state index >= 15 is 0 Å². The molecule has 2 aromatic rings. The number of hydrogen-bond donors (Lipinski definition) is 1. The quantitative estimate of drug-likeness (QED) is 0.758. The molecule has 0 saturated carbocycles. The van der Waals surface area contributed by atoms with E-state index in [-0.39, 0.29) is 6.54 Å². The van der Waals surface area contributed by atoms with Crippen LogP contribution in [0.1, 0.15) is 24.2 Å². The van der Waals surface area contributed by atoms with Gasteiger partial charge in [0, 0.05) is 16.7 Å². The third kappa shape index (κ3) is 4.38. The molecular formula is C20H21ClN6O4. The number of hydrogen-bond acceptors (Lipinski definition) is 7. The van der Waals surface area contributed by atoms with Gasteiger partial charge in [-0.15, -0.1) is 10.2 Å². The van der Waals surface area contributed by atoms with Crippen molar-refractivity contribution in [3.8, 4) is 5.88 Å². The van der Waals surface area contributed by atoms with Crippen LogP contribution in [0.3, 0.4) is 0 Å². The summed E-state index contributed by atoms with van der Waals surface area (Å²) in [6, 6.07) is 9.27. The summed E-state index contributed by atoms with van der Waals surface area (Å²) in [4.78, 5) is 26.7. The molecule has 162 valence electrons. The van der Waals surface area contributed by atoms with Gasteiger partial charge in [-0.3, -0.25) is 4.90 Å². The first-order chi connectivity index (χ1) is 15.0. The Labute approximate surface area is 183 Å². The monoisotopic (exact) mass is 444 g/mol. The molecule has 0 radical (unpaired) electrons. The maximum Gasteiger partial charge on any atom is 0.410 e. The molecule has 1 aromatic heterocycles. The van der Waals surface area contributed by atoms with Gasteiger partial charge in [0.1, 0.15) is 6.61 Å². The summed E-state index contributed by atoms with van der Waals surface area (Å²) in [7, 11) is 1.51. The van der Waals surface area contributed by atoms with E-state index in [1.165, 1.54) is 12.1 Å². The molecule has 1 aromatic carbocycles. The van der Waals surface area contributed by atoms with Crippen molar-refractivity contribution in [1.29, 1.82) is 0 Å². The van der Waals surface area contributed by atoms with Crippen LogP contribution in [0, 0.1) is 0 Å². The number of hydrazone groups is 1. The molecule has 0 aliphatic carbocycles. The van der Waals surface area contributed by atoms with Crippen molar-refractivity contribution in [2.75, 3.05) is 26.8 Å². The van der Waals surface area contributed by atoms with Gasteiger partial charge in [0.2, 0.25) is 5.88 Å². The normalized spacial score (nSPS) is 19.1. The highest BCUT2D eigenvalue weighted by atomic mass is 35.5. The fourth-order valence-electron chi connectivity index (χ4n) is 3.43. The third-order valence-corrected chi connectivity index (χ3v) is 5.34. The number of cyclic esters (lactones) is 1. The van der Waals surface area contributed by atoms with E-state index in [1.54, 1.807) is 36.1 Å². The van der Waals surface area contributed by atoms with Crippen molar-refractivity contribution in [2.24, 2.45) is 5.10 Å². The zero-order chi connectivity index (χ0) is 22.0. The first-order valence-electron chi connectivity index (χ1n) is 9.69. The van der Waals surface area contributed by atoms with Crippen molar-refractivity contribution in [1.82, 2.24) is 25.4 Å². The van der Waals surface area contributed by atoms with Crippen molar-refractivity contribution in [2.45, 2.75) is 19.0 Å². The van der Waals surface area contributed by atoms with Crippen LogP contribution >= 0.6 is 11.6 Å². The van der Waals surface area contributed by atoms with Gasteiger partial charge < -0.3 is 14.8 Å². The number of carbonyl (C=O) groups is 2.